The van der Waals surface area contributed by atoms with Crippen molar-refractivity contribution < 1.29 is 13.2 Å². The zero-order chi connectivity index (χ0) is 15.9. The molecular weight excluding hydrogens is 319 g/mol. The lowest BCUT2D eigenvalue weighted by Gasteiger charge is -2.07. The molecule has 2 heterocycles. The SMILES string of the molecule is O=c1cc(CCl)nc2c(-c3ccccc3)c(C(F)(F)F)[nH]n12. The summed E-state index contributed by atoms with van der Waals surface area (Å²) in [6.45, 7) is 0. The molecule has 0 amide bonds. The third-order valence-corrected chi connectivity index (χ3v) is 3.43. The second kappa shape index (κ2) is 5.17. The molecule has 0 fully saturated rings. The van der Waals surface area contributed by atoms with Gasteiger partial charge in [0.05, 0.1) is 17.1 Å². The molecule has 0 aliphatic carbocycles. The first-order chi connectivity index (χ1) is 10.4. The Hall–Kier alpha value is -2.28. The van der Waals surface area contributed by atoms with Gasteiger partial charge in [-0.3, -0.25) is 9.89 Å². The first kappa shape index (κ1) is 14.6. The minimum absolute atomic E-state index is 0.0630. The van der Waals surface area contributed by atoms with Gasteiger partial charge in [-0.15, -0.1) is 11.6 Å². The Kier molecular flexibility index (Phi) is 3.44. The molecule has 0 bridgehead atoms. The molecule has 0 aliphatic rings. The quantitative estimate of drug-likeness (QED) is 0.733. The van der Waals surface area contributed by atoms with Crippen molar-refractivity contribution in [2.24, 2.45) is 0 Å². The lowest BCUT2D eigenvalue weighted by Crippen LogP contribution is -2.16. The molecule has 1 N–H and O–H groups in total. The molecule has 0 spiro atoms. The van der Waals surface area contributed by atoms with E-state index in [1.807, 2.05) is 0 Å². The highest BCUT2D eigenvalue weighted by molar-refractivity contribution is 6.16. The van der Waals surface area contributed by atoms with Crippen LogP contribution in [-0.4, -0.2) is 14.6 Å². The summed E-state index contributed by atoms with van der Waals surface area (Å²) >= 11 is 5.65. The van der Waals surface area contributed by atoms with Gasteiger partial charge in [0.1, 0.15) is 5.69 Å². The predicted molar refractivity (Wildman–Crippen MR) is 75.8 cm³/mol. The lowest BCUT2D eigenvalue weighted by atomic mass is 10.1. The Labute approximate surface area is 127 Å². The molecule has 8 heteroatoms. The van der Waals surface area contributed by atoms with E-state index in [9.17, 15) is 18.0 Å². The number of rotatable bonds is 2. The molecule has 0 saturated carbocycles. The van der Waals surface area contributed by atoms with E-state index in [0.717, 1.165) is 10.6 Å². The first-order valence-corrected chi connectivity index (χ1v) is 6.78. The smallest absolute Gasteiger partial charge is 0.284 e. The minimum Gasteiger partial charge on any atom is -0.284 e. The van der Waals surface area contributed by atoms with Crippen LogP contribution in [0.2, 0.25) is 0 Å². The molecule has 3 rings (SSSR count). The summed E-state index contributed by atoms with van der Waals surface area (Å²) < 4.78 is 40.6. The van der Waals surface area contributed by atoms with Crippen LogP contribution < -0.4 is 5.56 Å². The highest BCUT2D eigenvalue weighted by Gasteiger charge is 2.38. The number of hydrogen-bond acceptors (Lipinski definition) is 2. The molecule has 0 radical (unpaired) electrons. The number of aromatic amines is 1. The number of alkyl halides is 4. The largest absolute Gasteiger partial charge is 0.433 e. The van der Waals surface area contributed by atoms with Crippen LogP contribution in [0, 0.1) is 0 Å². The molecule has 22 heavy (non-hydrogen) atoms. The van der Waals surface area contributed by atoms with Crippen LogP contribution in [-0.2, 0) is 12.1 Å². The topological polar surface area (TPSA) is 50.2 Å². The van der Waals surface area contributed by atoms with E-state index in [2.05, 4.69) is 10.1 Å². The summed E-state index contributed by atoms with van der Waals surface area (Å²) in [5.41, 5.74) is -1.40. The second-order valence-corrected chi connectivity index (χ2v) is 4.87. The van der Waals surface area contributed by atoms with Gasteiger partial charge in [-0.2, -0.15) is 13.2 Å². The van der Waals surface area contributed by atoms with Gasteiger partial charge in [-0.25, -0.2) is 9.50 Å². The van der Waals surface area contributed by atoms with Crippen molar-refractivity contribution in [1.82, 2.24) is 14.6 Å². The van der Waals surface area contributed by atoms with E-state index in [0.29, 0.717) is 5.56 Å². The fourth-order valence-electron chi connectivity index (χ4n) is 2.24. The van der Waals surface area contributed by atoms with Crippen molar-refractivity contribution >= 4 is 17.2 Å². The maximum atomic E-state index is 13.3. The average Bonchev–Trinajstić information content (AvgIpc) is 2.88. The third-order valence-electron chi connectivity index (χ3n) is 3.15. The summed E-state index contributed by atoms with van der Waals surface area (Å²) in [5.74, 6) is -0.0630. The van der Waals surface area contributed by atoms with Crippen molar-refractivity contribution in [2.75, 3.05) is 0 Å². The Bertz CT molecular complexity index is 884. The fourth-order valence-corrected chi connectivity index (χ4v) is 2.37. The zero-order valence-electron chi connectivity index (χ0n) is 11.0. The van der Waals surface area contributed by atoms with E-state index in [4.69, 9.17) is 11.6 Å². The number of aromatic nitrogens is 3. The third kappa shape index (κ3) is 2.37. The van der Waals surface area contributed by atoms with Crippen LogP contribution in [0.3, 0.4) is 0 Å². The number of nitrogens with zero attached hydrogens (tertiary/aromatic N) is 2. The Morgan fingerprint density at radius 3 is 2.50 bits per heavy atom. The summed E-state index contributed by atoms with van der Waals surface area (Å²) in [7, 11) is 0. The summed E-state index contributed by atoms with van der Waals surface area (Å²) in [5, 5.41) is 2.10. The Morgan fingerprint density at radius 2 is 1.91 bits per heavy atom. The monoisotopic (exact) mass is 327 g/mol. The van der Waals surface area contributed by atoms with Crippen molar-refractivity contribution in [3.63, 3.8) is 0 Å². The van der Waals surface area contributed by atoms with Crippen molar-refractivity contribution in [3.05, 3.63) is 58.1 Å². The van der Waals surface area contributed by atoms with Gasteiger partial charge in [-0.05, 0) is 5.56 Å². The van der Waals surface area contributed by atoms with E-state index in [1.54, 1.807) is 18.2 Å². The average molecular weight is 328 g/mol. The van der Waals surface area contributed by atoms with Crippen LogP contribution in [0.1, 0.15) is 11.4 Å². The Balaban J connectivity index is 2.45. The van der Waals surface area contributed by atoms with Crippen molar-refractivity contribution in [2.45, 2.75) is 12.1 Å². The van der Waals surface area contributed by atoms with Crippen molar-refractivity contribution in [1.29, 1.82) is 0 Å². The first-order valence-electron chi connectivity index (χ1n) is 6.25. The van der Waals surface area contributed by atoms with Gasteiger partial charge >= 0.3 is 6.18 Å². The van der Waals surface area contributed by atoms with Crippen molar-refractivity contribution in [3.8, 4) is 11.1 Å². The van der Waals surface area contributed by atoms with Gasteiger partial charge in [0, 0.05) is 6.07 Å². The number of nitrogens with one attached hydrogen (secondary N) is 1. The highest BCUT2D eigenvalue weighted by atomic mass is 35.5. The number of benzene rings is 1. The van der Waals surface area contributed by atoms with Gasteiger partial charge in [0.15, 0.2) is 5.65 Å². The summed E-state index contributed by atoms with van der Waals surface area (Å²) in [6, 6.07) is 9.07. The maximum absolute atomic E-state index is 13.3. The van der Waals surface area contributed by atoms with E-state index >= 15 is 0 Å². The molecule has 3 aromatic rings. The maximum Gasteiger partial charge on any atom is 0.433 e. The molecule has 0 aliphatic heterocycles. The van der Waals surface area contributed by atoms with E-state index < -0.39 is 17.4 Å². The van der Waals surface area contributed by atoms with Gasteiger partial charge in [-0.1, -0.05) is 30.3 Å². The van der Waals surface area contributed by atoms with Gasteiger partial charge in [0.2, 0.25) is 0 Å². The van der Waals surface area contributed by atoms with Gasteiger partial charge in [0.25, 0.3) is 5.56 Å². The molecular formula is C14H9ClF3N3O. The van der Waals surface area contributed by atoms with Crippen LogP contribution >= 0.6 is 11.6 Å². The predicted octanol–water partition coefficient (Wildman–Crippen LogP) is 3.45. The number of fused-ring (bicyclic) bond motifs is 1. The molecule has 4 nitrogen and oxygen atoms in total. The van der Waals surface area contributed by atoms with Crippen LogP contribution in [0.5, 0.6) is 0 Å². The summed E-state index contributed by atoms with van der Waals surface area (Å²) in [6.07, 6.45) is -4.65. The summed E-state index contributed by atoms with van der Waals surface area (Å²) in [4.78, 5) is 16.0. The van der Waals surface area contributed by atoms with E-state index in [-0.39, 0.29) is 22.8 Å². The van der Waals surface area contributed by atoms with Crippen LogP contribution in [0.4, 0.5) is 13.2 Å². The highest BCUT2D eigenvalue weighted by Crippen LogP contribution is 2.37. The Morgan fingerprint density at radius 1 is 1.23 bits per heavy atom. The molecule has 0 atom stereocenters. The zero-order valence-corrected chi connectivity index (χ0v) is 11.7. The number of H-pyrrole nitrogens is 1. The van der Waals surface area contributed by atoms with Crippen LogP contribution in [0.15, 0.2) is 41.2 Å². The standard InChI is InChI=1S/C14H9ClF3N3O/c15-7-9-6-10(22)21-13(19-9)11(8-4-2-1-3-5-8)12(20-21)14(16,17)18/h1-6,20H,7H2. The molecule has 1 aromatic carbocycles. The number of halogens is 4. The normalized spacial score (nSPS) is 12.0. The minimum atomic E-state index is -4.65. The molecule has 114 valence electrons. The molecule has 2 aromatic heterocycles. The van der Waals surface area contributed by atoms with Gasteiger partial charge < -0.3 is 0 Å². The molecule has 0 saturated heterocycles. The van der Waals surface area contributed by atoms with Crippen LogP contribution in [0.25, 0.3) is 16.8 Å². The number of hydrogen-bond donors (Lipinski definition) is 1. The lowest BCUT2D eigenvalue weighted by molar-refractivity contribution is -0.140. The molecule has 0 unspecified atom stereocenters. The van der Waals surface area contributed by atoms with E-state index in [1.165, 1.54) is 12.1 Å². The second-order valence-electron chi connectivity index (χ2n) is 4.60. The fraction of sp³-hybridized carbons (Fsp3) is 0.143.